The van der Waals surface area contributed by atoms with E-state index in [2.05, 4.69) is 99.6 Å². The van der Waals surface area contributed by atoms with Gasteiger partial charge in [-0.15, -0.1) is 0 Å². The van der Waals surface area contributed by atoms with Crippen LogP contribution >= 0.6 is 0 Å². The van der Waals surface area contributed by atoms with E-state index in [0.29, 0.717) is 0 Å². The molecule has 36 heavy (non-hydrogen) atoms. The molecule has 0 aliphatic carbocycles. The van der Waals surface area contributed by atoms with Gasteiger partial charge in [0.05, 0.1) is 5.69 Å². The molecule has 2 heteroatoms. The van der Waals surface area contributed by atoms with Crippen molar-refractivity contribution in [1.82, 2.24) is 4.98 Å². The first-order chi connectivity index (χ1) is 17.6. The van der Waals surface area contributed by atoms with Gasteiger partial charge in [0.1, 0.15) is 11.3 Å². The molecule has 6 rings (SSSR count). The second-order valence-electron chi connectivity index (χ2n) is 9.42. The van der Waals surface area contributed by atoms with Crippen LogP contribution < -0.4 is 0 Å². The summed E-state index contributed by atoms with van der Waals surface area (Å²) in [4.78, 5) is 4.83. The molecule has 0 spiro atoms. The normalized spacial score (nSPS) is 11.2. The standard InChI is InChI=1S/C34H27NO/c1-22-18-32(35-21-31(22)25-11-6-4-7-12-25)28-16-10-15-27(19-28)29-17-23(2)34-30(24(29)3)20-33(36-34)26-13-8-5-9-14-26/h4-21H,1-3H3. The van der Waals surface area contributed by atoms with Gasteiger partial charge < -0.3 is 4.42 Å². The zero-order valence-electron chi connectivity index (χ0n) is 20.7. The average molecular weight is 466 g/mol. The maximum Gasteiger partial charge on any atom is 0.138 e. The Morgan fingerprint density at radius 3 is 1.94 bits per heavy atom. The molecule has 0 fully saturated rings. The molecule has 0 unspecified atom stereocenters. The zero-order valence-corrected chi connectivity index (χ0v) is 20.7. The molecule has 6 aromatic rings. The van der Waals surface area contributed by atoms with Crippen molar-refractivity contribution in [1.29, 1.82) is 0 Å². The molecule has 2 aromatic heterocycles. The summed E-state index contributed by atoms with van der Waals surface area (Å²) in [6, 6.07) is 36.0. The van der Waals surface area contributed by atoms with Crippen molar-refractivity contribution in [3.05, 3.63) is 126 Å². The number of pyridine rings is 1. The minimum Gasteiger partial charge on any atom is -0.456 e. The third-order valence-electron chi connectivity index (χ3n) is 6.98. The number of aryl methyl sites for hydroxylation is 3. The van der Waals surface area contributed by atoms with E-state index in [1.807, 2.05) is 30.5 Å². The fourth-order valence-electron chi connectivity index (χ4n) is 5.02. The molecule has 0 saturated carbocycles. The van der Waals surface area contributed by atoms with E-state index in [4.69, 9.17) is 9.40 Å². The first-order valence-corrected chi connectivity index (χ1v) is 12.3. The van der Waals surface area contributed by atoms with Crippen molar-refractivity contribution in [2.45, 2.75) is 20.8 Å². The van der Waals surface area contributed by atoms with E-state index in [1.54, 1.807) is 0 Å². The third-order valence-corrected chi connectivity index (χ3v) is 6.98. The molecule has 0 aliphatic rings. The Hall–Kier alpha value is -4.43. The summed E-state index contributed by atoms with van der Waals surface area (Å²) in [5.41, 5.74) is 12.5. The Balaban J connectivity index is 1.41. The Labute approximate surface area is 211 Å². The minimum absolute atomic E-state index is 0.904. The summed E-state index contributed by atoms with van der Waals surface area (Å²) in [6.45, 7) is 6.47. The van der Waals surface area contributed by atoms with Gasteiger partial charge in [0.25, 0.3) is 0 Å². The highest BCUT2D eigenvalue weighted by Crippen LogP contribution is 2.38. The summed E-state index contributed by atoms with van der Waals surface area (Å²) in [7, 11) is 0. The largest absolute Gasteiger partial charge is 0.456 e. The molecule has 0 atom stereocenters. The van der Waals surface area contributed by atoms with Gasteiger partial charge in [-0.3, -0.25) is 4.98 Å². The minimum atomic E-state index is 0.904. The number of hydrogen-bond donors (Lipinski definition) is 0. The summed E-state index contributed by atoms with van der Waals surface area (Å²) in [5.74, 6) is 0.904. The van der Waals surface area contributed by atoms with E-state index in [1.165, 1.54) is 33.4 Å². The molecule has 0 amide bonds. The number of aromatic nitrogens is 1. The predicted octanol–water partition coefficient (Wildman–Crippen LogP) is 9.42. The topological polar surface area (TPSA) is 26.0 Å². The van der Waals surface area contributed by atoms with Crippen molar-refractivity contribution in [2.24, 2.45) is 0 Å². The van der Waals surface area contributed by atoms with Gasteiger partial charge in [0, 0.05) is 28.3 Å². The lowest BCUT2D eigenvalue weighted by atomic mass is 9.93. The van der Waals surface area contributed by atoms with Crippen LogP contribution in [0.3, 0.4) is 0 Å². The lowest BCUT2D eigenvalue weighted by Gasteiger charge is -2.12. The second kappa shape index (κ2) is 8.98. The molecule has 0 radical (unpaired) electrons. The number of rotatable bonds is 4. The molecule has 174 valence electrons. The van der Waals surface area contributed by atoms with Gasteiger partial charge in [0.15, 0.2) is 0 Å². The van der Waals surface area contributed by atoms with E-state index in [-0.39, 0.29) is 0 Å². The zero-order chi connectivity index (χ0) is 24.6. The van der Waals surface area contributed by atoms with Crippen LogP contribution in [0.1, 0.15) is 16.7 Å². The quantitative estimate of drug-likeness (QED) is 0.259. The molecule has 2 heterocycles. The summed E-state index contributed by atoms with van der Waals surface area (Å²) < 4.78 is 6.30. The van der Waals surface area contributed by atoms with Crippen LogP contribution in [-0.4, -0.2) is 4.98 Å². The molecule has 4 aromatic carbocycles. The van der Waals surface area contributed by atoms with Gasteiger partial charge in [-0.25, -0.2) is 0 Å². The molecule has 2 nitrogen and oxygen atoms in total. The Kier molecular flexibility index (Phi) is 5.50. The van der Waals surface area contributed by atoms with E-state index >= 15 is 0 Å². The molecular weight excluding hydrogens is 438 g/mol. The van der Waals surface area contributed by atoms with Crippen molar-refractivity contribution in [3.63, 3.8) is 0 Å². The lowest BCUT2D eigenvalue weighted by Crippen LogP contribution is -1.91. The first-order valence-electron chi connectivity index (χ1n) is 12.3. The molecule has 0 N–H and O–H groups in total. The number of hydrogen-bond acceptors (Lipinski definition) is 2. The van der Waals surface area contributed by atoms with Gasteiger partial charge in [0.2, 0.25) is 0 Å². The van der Waals surface area contributed by atoms with Crippen LogP contribution in [-0.2, 0) is 0 Å². The average Bonchev–Trinajstić information content (AvgIpc) is 3.39. The van der Waals surface area contributed by atoms with Gasteiger partial charge in [-0.2, -0.15) is 0 Å². The van der Waals surface area contributed by atoms with Crippen molar-refractivity contribution < 1.29 is 4.42 Å². The molecular formula is C34H27NO. The fourth-order valence-corrected chi connectivity index (χ4v) is 5.02. The second-order valence-corrected chi connectivity index (χ2v) is 9.42. The van der Waals surface area contributed by atoms with Gasteiger partial charge >= 0.3 is 0 Å². The molecule has 0 bridgehead atoms. The van der Waals surface area contributed by atoms with Gasteiger partial charge in [-0.05, 0) is 78.4 Å². The maximum absolute atomic E-state index is 6.30. The van der Waals surface area contributed by atoms with Crippen molar-refractivity contribution >= 4 is 11.0 Å². The Bertz CT molecular complexity index is 1690. The van der Waals surface area contributed by atoms with E-state index in [0.717, 1.165) is 39.1 Å². The lowest BCUT2D eigenvalue weighted by molar-refractivity contribution is 0.629. The third kappa shape index (κ3) is 3.91. The van der Waals surface area contributed by atoms with Crippen molar-refractivity contribution in [3.8, 4) is 44.8 Å². The molecule has 0 saturated heterocycles. The van der Waals surface area contributed by atoms with Crippen LogP contribution in [0.2, 0.25) is 0 Å². The smallest absolute Gasteiger partial charge is 0.138 e. The molecule has 0 aliphatic heterocycles. The highest BCUT2D eigenvalue weighted by Gasteiger charge is 2.15. The van der Waals surface area contributed by atoms with Crippen LogP contribution in [0.5, 0.6) is 0 Å². The highest BCUT2D eigenvalue weighted by atomic mass is 16.3. The number of fused-ring (bicyclic) bond motifs is 1. The monoisotopic (exact) mass is 465 g/mol. The summed E-state index contributed by atoms with van der Waals surface area (Å²) in [5, 5.41) is 1.16. The van der Waals surface area contributed by atoms with Gasteiger partial charge in [-0.1, -0.05) is 78.9 Å². The first kappa shape index (κ1) is 22.1. The Morgan fingerprint density at radius 1 is 0.556 bits per heavy atom. The predicted molar refractivity (Wildman–Crippen MR) is 150 cm³/mol. The number of benzene rings is 4. The SMILES string of the molecule is Cc1cc(-c2cccc(-c3cc(C)c4oc(-c5ccccc5)cc4c3C)c2)ncc1-c1ccccc1. The summed E-state index contributed by atoms with van der Waals surface area (Å²) >= 11 is 0. The van der Waals surface area contributed by atoms with Crippen LogP contribution in [0, 0.1) is 20.8 Å². The Morgan fingerprint density at radius 2 is 1.22 bits per heavy atom. The summed E-state index contributed by atoms with van der Waals surface area (Å²) in [6.07, 6.45) is 1.99. The highest BCUT2D eigenvalue weighted by molar-refractivity contribution is 5.94. The fraction of sp³-hybridized carbons (Fsp3) is 0.0882. The van der Waals surface area contributed by atoms with E-state index < -0.39 is 0 Å². The van der Waals surface area contributed by atoms with Crippen LogP contribution in [0.15, 0.2) is 114 Å². The number of nitrogens with zero attached hydrogens (tertiary/aromatic N) is 1. The van der Waals surface area contributed by atoms with Crippen molar-refractivity contribution in [2.75, 3.05) is 0 Å². The van der Waals surface area contributed by atoms with Crippen LogP contribution in [0.4, 0.5) is 0 Å². The number of furan rings is 1. The van der Waals surface area contributed by atoms with Crippen LogP contribution in [0.25, 0.3) is 55.8 Å². The van der Waals surface area contributed by atoms with E-state index in [9.17, 15) is 0 Å². The maximum atomic E-state index is 6.30.